The molecule has 0 unspecified atom stereocenters. The van der Waals surface area contributed by atoms with Crippen molar-refractivity contribution in [2.75, 3.05) is 18.4 Å². The van der Waals surface area contributed by atoms with Gasteiger partial charge in [0.25, 0.3) is 5.91 Å². The molecule has 3 heterocycles. The Bertz CT molecular complexity index is 1060. The minimum absolute atomic E-state index is 0.0952. The van der Waals surface area contributed by atoms with Crippen molar-refractivity contribution >= 4 is 11.7 Å². The van der Waals surface area contributed by atoms with Gasteiger partial charge in [0.2, 0.25) is 0 Å². The Balaban J connectivity index is 1.61. The van der Waals surface area contributed by atoms with Gasteiger partial charge in [-0.2, -0.15) is 5.10 Å². The lowest BCUT2D eigenvalue weighted by molar-refractivity contribution is 0.0540. The number of amides is 1. The lowest BCUT2D eigenvalue weighted by Gasteiger charge is -2.40. The fourth-order valence-electron chi connectivity index (χ4n) is 4.40. The van der Waals surface area contributed by atoms with Crippen LogP contribution in [0.25, 0.3) is 11.1 Å². The number of nitrogens with zero attached hydrogens (tertiary/aromatic N) is 4. The van der Waals surface area contributed by atoms with Gasteiger partial charge in [0.1, 0.15) is 5.82 Å². The first-order valence-electron chi connectivity index (χ1n) is 11.0. The maximum atomic E-state index is 13.8. The molecule has 1 saturated heterocycles. The number of hydrogen-bond donors (Lipinski definition) is 1. The number of aryl methyl sites for hydroxylation is 3. The number of anilines is 1. The molecule has 2 aromatic heterocycles. The van der Waals surface area contributed by atoms with Gasteiger partial charge >= 0.3 is 0 Å². The summed E-state index contributed by atoms with van der Waals surface area (Å²) in [4.78, 5) is 20.3. The van der Waals surface area contributed by atoms with Crippen LogP contribution in [0.5, 0.6) is 0 Å². The molecule has 1 fully saturated rings. The van der Waals surface area contributed by atoms with Crippen molar-refractivity contribution in [3.8, 4) is 11.1 Å². The molecule has 2 atom stereocenters. The van der Waals surface area contributed by atoms with Crippen LogP contribution in [0, 0.1) is 19.8 Å². The number of aromatic nitrogens is 3. The van der Waals surface area contributed by atoms with E-state index in [2.05, 4.69) is 39.4 Å². The first-order valence-corrected chi connectivity index (χ1v) is 11.0. The van der Waals surface area contributed by atoms with Crippen LogP contribution >= 0.6 is 0 Å². The molecule has 1 aliphatic rings. The third-order valence-electron chi connectivity index (χ3n) is 6.20. The Kier molecular flexibility index (Phi) is 6.07. The fraction of sp³-hybridized carbons (Fsp3) is 0.400. The monoisotopic (exact) mass is 417 g/mol. The van der Waals surface area contributed by atoms with Crippen LogP contribution in [-0.2, 0) is 7.05 Å². The number of piperidine rings is 1. The number of nitrogens with one attached hydrogen (secondary N) is 1. The SMILES string of the molecule is Cc1ccc(NC[C@@H]2[C@H](C)CCCN2C(=O)c2cc(C)ccc2-c2cnn(C)c2)nc1. The second-order valence-electron chi connectivity index (χ2n) is 8.74. The van der Waals surface area contributed by atoms with E-state index in [1.807, 2.05) is 57.7 Å². The predicted molar refractivity (Wildman–Crippen MR) is 124 cm³/mol. The number of benzene rings is 1. The van der Waals surface area contributed by atoms with Crippen LogP contribution in [-0.4, -0.2) is 44.7 Å². The molecule has 3 aromatic rings. The molecule has 1 N–H and O–H groups in total. The van der Waals surface area contributed by atoms with E-state index >= 15 is 0 Å². The zero-order chi connectivity index (χ0) is 22.0. The van der Waals surface area contributed by atoms with Crippen LogP contribution < -0.4 is 5.32 Å². The minimum atomic E-state index is 0.0952. The maximum absolute atomic E-state index is 13.8. The second kappa shape index (κ2) is 8.92. The van der Waals surface area contributed by atoms with Crippen LogP contribution in [0.2, 0.25) is 0 Å². The zero-order valence-corrected chi connectivity index (χ0v) is 18.8. The summed E-state index contributed by atoms with van der Waals surface area (Å²) in [7, 11) is 1.90. The predicted octanol–water partition coefficient (Wildman–Crippen LogP) is 4.45. The molecule has 4 rings (SSSR count). The summed E-state index contributed by atoms with van der Waals surface area (Å²) in [6.07, 6.45) is 7.80. The van der Waals surface area contributed by atoms with Crippen molar-refractivity contribution in [2.24, 2.45) is 13.0 Å². The summed E-state index contributed by atoms with van der Waals surface area (Å²) in [5, 5.41) is 7.75. The normalized spacial score (nSPS) is 18.8. The number of carbonyl (C=O) groups excluding carboxylic acids is 1. The van der Waals surface area contributed by atoms with Gasteiger partial charge in [0, 0.05) is 43.7 Å². The molecule has 0 saturated carbocycles. The Morgan fingerprint density at radius 1 is 1.16 bits per heavy atom. The fourth-order valence-corrected chi connectivity index (χ4v) is 4.40. The average molecular weight is 418 g/mol. The van der Waals surface area contributed by atoms with E-state index in [4.69, 9.17) is 0 Å². The van der Waals surface area contributed by atoms with Gasteiger partial charge in [-0.05, 0) is 55.9 Å². The first-order chi connectivity index (χ1) is 14.9. The lowest BCUT2D eigenvalue weighted by Crippen LogP contribution is -2.51. The molecule has 0 aliphatic carbocycles. The number of carbonyl (C=O) groups is 1. The van der Waals surface area contributed by atoms with Crippen molar-refractivity contribution < 1.29 is 4.79 Å². The molecular weight excluding hydrogens is 386 g/mol. The Morgan fingerprint density at radius 2 is 1.97 bits per heavy atom. The van der Waals surface area contributed by atoms with Gasteiger partial charge in [-0.3, -0.25) is 9.48 Å². The van der Waals surface area contributed by atoms with Crippen molar-refractivity contribution in [2.45, 2.75) is 39.7 Å². The molecule has 162 valence electrons. The largest absolute Gasteiger partial charge is 0.368 e. The van der Waals surface area contributed by atoms with Crippen molar-refractivity contribution in [3.05, 3.63) is 65.6 Å². The summed E-state index contributed by atoms with van der Waals surface area (Å²) < 4.78 is 1.77. The van der Waals surface area contributed by atoms with E-state index in [1.165, 1.54) is 0 Å². The zero-order valence-electron chi connectivity index (χ0n) is 18.8. The van der Waals surface area contributed by atoms with Gasteiger partial charge in [0.05, 0.1) is 12.2 Å². The highest BCUT2D eigenvalue weighted by atomic mass is 16.2. The van der Waals surface area contributed by atoms with E-state index in [1.54, 1.807) is 4.68 Å². The molecule has 0 spiro atoms. The topological polar surface area (TPSA) is 63.1 Å². The quantitative estimate of drug-likeness (QED) is 0.666. The van der Waals surface area contributed by atoms with Crippen LogP contribution in [0.4, 0.5) is 5.82 Å². The third kappa shape index (κ3) is 4.63. The van der Waals surface area contributed by atoms with Crippen molar-refractivity contribution in [1.29, 1.82) is 0 Å². The molecule has 31 heavy (non-hydrogen) atoms. The summed E-state index contributed by atoms with van der Waals surface area (Å²) in [6.45, 7) is 7.77. The van der Waals surface area contributed by atoms with Crippen LogP contribution in [0.1, 0.15) is 41.3 Å². The van der Waals surface area contributed by atoms with Gasteiger partial charge < -0.3 is 10.2 Å². The highest BCUT2D eigenvalue weighted by Gasteiger charge is 2.33. The van der Waals surface area contributed by atoms with Crippen molar-refractivity contribution in [3.63, 3.8) is 0 Å². The number of pyridine rings is 1. The Morgan fingerprint density at radius 3 is 2.68 bits per heavy atom. The summed E-state index contributed by atoms with van der Waals surface area (Å²) in [6, 6.07) is 10.3. The smallest absolute Gasteiger partial charge is 0.254 e. The number of rotatable bonds is 5. The van der Waals surface area contributed by atoms with Crippen molar-refractivity contribution in [1.82, 2.24) is 19.7 Å². The second-order valence-corrected chi connectivity index (χ2v) is 8.74. The van der Waals surface area contributed by atoms with Gasteiger partial charge in [-0.25, -0.2) is 4.98 Å². The maximum Gasteiger partial charge on any atom is 0.254 e. The third-order valence-corrected chi connectivity index (χ3v) is 6.20. The number of likely N-dealkylation sites (tertiary alicyclic amines) is 1. The Hall–Kier alpha value is -3.15. The standard InChI is InChI=1S/C25H31N5O/c1-17-7-9-21(20-14-28-29(4)16-20)22(12-17)25(31)30-11-5-6-19(3)23(30)15-27-24-10-8-18(2)13-26-24/h7-10,12-14,16,19,23H,5-6,11,15H2,1-4H3,(H,26,27)/t19-,23-/m1/s1. The first kappa shape index (κ1) is 21.1. The van der Waals surface area contributed by atoms with Gasteiger partial charge in [-0.1, -0.05) is 30.7 Å². The lowest BCUT2D eigenvalue weighted by atomic mass is 9.89. The average Bonchev–Trinajstić information content (AvgIpc) is 3.19. The summed E-state index contributed by atoms with van der Waals surface area (Å²) in [5.74, 6) is 1.36. The van der Waals surface area contributed by atoms with E-state index in [0.717, 1.165) is 53.0 Å². The summed E-state index contributed by atoms with van der Waals surface area (Å²) in [5.41, 5.74) is 4.87. The molecule has 0 bridgehead atoms. The molecule has 6 nitrogen and oxygen atoms in total. The molecule has 6 heteroatoms. The van der Waals surface area contributed by atoms with E-state index in [0.29, 0.717) is 12.5 Å². The molecule has 1 aliphatic heterocycles. The van der Waals surface area contributed by atoms with Gasteiger partial charge in [0.15, 0.2) is 0 Å². The highest BCUT2D eigenvalue weighted by molar-refractivity contribution is 6.01. The molecular formula is C25H31N5O. The minimum Gasteiger partial charge on any atom is -0.368 e. The van der Waals surface area contributed by atoms with E-state index in [9.17, 15) is 4.79 Å². The summed E-state index contributed by atoms with van der Waals surface area (Å²) >= 11 is 0. The molecule has 1 aromatic carbocycles. The van der Waals surface area contributed by atoms with E-state index in [-0.39, 0.29) is 11.9 Å². The highest BCUT2D eigenvalue weighted by Crippen LogP contribution is 2.30. The van der Waals surface area contributed by atoms with Crippen LogP contribution in [0.15, 0.2) is 48.9 Å². The Labute approximate surface area is 184 Å². The number of hydrogen-bond acceptors (Lipinski definition) is 4. The van der Waals surface area contributed by atoms with Gasteiger partial charge in [-0.15, -0.1) is 0 Å². The molecule has 1 amide bonds. The molecule has 0 radical (unpaired) electrons. The van der Waals surface area contributed by atoms with Crippen LogP contribution in [0.3, 0.4) is 0 Å². The van der Waals surface area contributed by atoms with E-state index < -0.39 is 0 Å².